The summed E-state index contributed by atoms with van der Waals surface area (Å²) in [6, 6.07) is 8.43. The second-order valence-electron chi connectivity index (χ2n) is 6.60. The fourth-order valence-corrected chi connectivity index (χ4v) is 2.78. The van der Waals surface area contributed by atoms with Gasteiger partial charge < -0.3 is 4.74 Å². The molecule has 0 aromatic heterocycles. The first kappa shape index (κ1) is 14.2. The molecule has 0 atom stereocenters. The molecule has 0 radical (unpaired) electrons. The van der Waals surface area contributed by atoms with Crippen molar-refractivity contribution in [2.75, 3.05) is 0 Å². The minimum Gasteiger partial charge on any atom is -0.488 e. The van der Waals surface area contributed by atoms with Gasteiger partial charge in [-0.25, -0.2) is 0 Å². The monoisotopic (exact) mass is 258 g/mol. The summed E-state index contributed by atoms with van der Waals surface area (Å²) in [4.78, 5) is 0. The van der Waals surface area contributed by atoms with Crippen LogP contribution in [0.2, 0.25) is 0 Å². The van der Waals surface area contributed by atoms with Crippen LogP contribution < -0.4 is 4.74 Å². The van der Waals surface area contributed by atoms with Crippen molar-refractivity contribution in [1.29, 1.82) is 0 Å². The smallest absolute Gasteiger partial charge is 0.120 e. The number of allylic oxidation sites excluding steroid dienone is 1. The zero-order valence-corrected chi connectivity index (χ0v) is 12.5. The molecule has 1 aliphatic rings. The van der Waals surface area contributed by atoms with Gasteiger partial charge in [0.2, 0.25) is 0 Å². The van der Waals surface area contributed by atoms with Crippen LogP contribution in [0, 0.1) is 5.92 Å². The van der Waals surface area contributed by atoms with Gasteiger partial charge in [0.1, 0.15) is 11.4 Å². The number of rotatable bonds is 3. The Hall–Kier alpha value is -1.24. The molecule has 0 unspecified atom stereocenters. The van der Waals surface area contributed by atoms with E-state index in [0.717, 1.165) is 5.75 Å². The standard InChI is InChI=1S/C18H26O/c1-14(15-8-6-5-7-9-15)16-10-12-17(13-11-16)19-18(2,3)4/h10-13,15H,1,5-9H2,2-4H3. The molecule has 19 heavy (non-hydrogen) atoms. The predicted molar refractivity (Wildman–Crippen MR) is 82.4 cm³/mol. The van der Waals surface area contributed by atoms with Crippen LogP contribution in [-0.2, 0) is 0 Å². The third-order valence-electron chi connectivity index (χ3n) is 3.75. The topological polar surface area (TPSA) is 9.23 Å². The van der Waals surface area contributed by atoms with Crippen molar-refractivity contribution in [3.63, 3.8) is 0 Å². The molecule has 1 heteroatoms. The highest BCUT2D eigenvalue weighted by Gasteiger charge is 2.18. The van der Waals surface area contributed by atoms with Gasteiger partial charge in [0, 0.05) is 0 Å². The molecule has 0 N–H and O–H groups in total. The quantitative estimate of drug-likeness (QED) is 0.699. The lowest BCUT2D eigenvalue weighted by Gasteiger charge is -2.25. The Morgan fingerprint density at radius 3 is 2.16 bits per heavy atom. The van der Waals surface area contributed by atoms with Crippen molar-refractivity contribution in [3.8, 4) is 5.75 Å². The molecule has 1 aliphatic carbocycles. The first-order chi connectivity index (χ1) is 8.96. The Morgan fingerprint density at radius 1 is 1.05 bits per heavy atom. The van der Waals surface area contributed by atoms with Crippen LogP contribution >= 0.6 is 0 Å². The van der Waals surface area contributed by atoms with Crippen LogP contribution in [0.25, 0.3) is 5.57 Å². The summed E-state index contributed by atoms with van der Waals surface area (Å²) in [6.07, 6.45) is 6.71. The zero-order chi connectivity index (χ0) is 13.9. The molecular formula is C18H26O. The summed E-state index contributed by atoms with van der Waals surface area (Å²) in [5.41, 5.74) is 2.44. The molecule has 1 fully saturated rings. The lowest BCUT2D eigenvalue weighted by atomic mass is 9.82. The average molecular weight is 258 g/mol. The van der Waals surface area contributed by atoms with E-state index in [9.17, 15) is 0 Å². The lowest BCUT2D eigenvalue weighted by molar-refractivity contribution is 0.131. The summed E-state index contributed by atoms with van der Waals surface area (Å²) in [5.74, 6) is 1.62. The maximum absolute atomic E-state index is 5.85. The minimum absolute atomic E-state index is 0.137. The summed E-state index contributed by atoms with van der Waals surface area (Å²) in [7, 11) is 0. The van der Waals surface area contributed by atoms with Crippen LogP contribution in [0.5, 0.6) is 5.75 Å². The van der Waals surface area contributed by atoms with Gasteiger partial charge in [-0.05, 0) is 62.8 Å². The van der Waals surface area contributed by atoms with Crippen molar-refractivity contribution in [1.82, 2.24) is 0 Å². The maximum atomic E-state index is 5.85. The largest absolute Gasteiger partial charge is 0.488 e. The van der Waals surface area contributed by atoms with Gasteiger partial charge in [0.05, 0.1) is 0 Å². The Balaban J connectivity index is 2.03. The molecule has 1 aromatic rings. The molecule has 0 saturated heterocycles. The Morgan fingerprint density at radius 2 is 1.63 bits per heavy atom. The highest BCUT2D eigenvalue weighted by Crippen LogP contribution is 2.34. The Bertz CT molecular complexity index is 416. The molecule has 104 valence electrons. The van der Waals surface area contributed by atoms with Crippen LogP contribution in [0.1, 0.15) is 58.4 Å². The van der Waals surface area contributed by atoms with Crippen molar-refractivity contribution >= 4 is 5.57 Å². The number of benzene rings is 1. The van der Waals surface area contributed by atoms with Gasteiger partial charge in [-0.1, -0.05) is 38.0 Å². The van der Waals surface area contributed by atoms with Crippen LogP contribution in [0.4, 0.5) is 0 Å². The number of hydrogen-bond acceptors (Lipinski definition) is 1. The fraction of sp³-hybridized carbons (Fsp3) is 0.556. The van der Waals surface area contributed by atoms with E-state index in [0.29, 0.717) is 5.92 Å². The first-order valence-electron chi connectivity index (χ1n) is 7.44. The summed E-state index contributed by atoms with van der Waals surface area (Å²) in [5, 5.41) is 0. The van der Waals surface area contributed by atoms with E-state index in [-0.39, 0.29) is 5.60 Å². The molecule has 1 aromatic carbocycles. The van der Waals surface area contributed by atoms with Crippen LogP contribution in [0.15, 0.2) is 30.8 Å². The van der Waals surface area contributed by atoms with Crippen molar-refractivity contribution in [2.45, 2.75) is 58.5 Å². The van der Waals surface area contributed by atoms with Gasteiger partial charge in [0.25, 0.3) is 0 Å². The van der Waals surface area contributed by atoms with E-state index in [1.165, 1.54) is 43.2 Å². The summed E-state index contributed by atoms with van der Waals surface area (Å²) in [6.45, 7) is 10.5. The molecule has 0 bridgehead atoms. The minimum atomic E-state index is -0.137. The first-order valence-corrected chi connectivity index (χ1v) is 7.44. The molecular weight excluding hydrogens is 232 g/mol. The van der Waals surface area contributed by atoms with Crippen molar-refractivity contribution in [2.24, 2.45) is 5.92 Å². The summed E-state index contributed by atoms with van der Waals surface area (Å²) < 4.78 is 5.85. The summed E-state index contributed by atoms with van der Waals surface area (Å²) >= 11 is 0. The van der Waals surface area contributed by atoms with Crippen molar-refractivity contribution in [3.05, 3.63) is 36.4 Å². The highest BCUT2D eigenvalue weighted by molar-refractivity contribution is 5.65. The molecule has 0 heterocycles. The lowest BCUT2D eigenvalue weighted by Crippen LogP contribution is -2.22. The van der Waals surface area contributed by atoms with Gasteiger partial charge >= 0.3 is 0 Å². The number of hydrogen-bond donors (Lipinski definition) is 0. The molecule has 0 amide bonds. The van der Waals surface area contributed by atoms with Crippen molar-refractivity contribution < 1.29 is 4.74 Å². The van der Waals surface area contributed by atoms with Crippen LogP contribution in [-0.4, -0.2) is 5.60 Å². The second-order valence-corrected chi connectivity index (χ2v) is 6.60. The average Bonchev–Trinajstić information content (AvgIpc) is 2.38. The van der Waals surface area contributed by atoms with Crippen LogP contribution in [0.3, 0.4) is 0 Å². The highest BCUT2D eigenvalue weighted by atomic mass is 16.5. The van der Waals surface area contributed by atoms with Gasteiger partial charge in [-0.2, -0.15) is 0 Å². The van der Waals surface area contributed by atoms with Gasteiger partial charge in [0.15, 0.2) is 0 Å². The Labute approximate surface area is 117 Å². The van der Waals surface area contributed by atoms with Gasteiger partial charge in [-0.15, -0.1) is 0 Å². The fourth-order valence-electron chi connectivity index (χ4n) is 2.78. The van der Waals surface area contributed by atoms with E-state index in [4.69, 9.17) is 4.74 Å². The van der Waals surface area contributed by atoms with E-state index in [1.807, 2.05) is 0 Å². The molecule has 1 nitrogen and oxygen atoms in total. The zero-order valence-electron chi connectivity index (χ0n) is 12.5. The van der Waals surface area contributed by atoms with E-state index in [2.05, 4.69) is 51.6 Å². The number of ether oxygens (including phenoxy) is 1. The molecule has 0 spiro atoms. The Kier molecular flexibility index (Phi) is 4.34. The van der Waals surface area contributed by atoms with E-state index in [1.54, 1.807) is 0 Å². The third kappa shape index (κ3) is 4.12. The molecule has 1 saturated carbocycles. The molecule has 2 rings (SSSR count). The maximum Gasteiger partial charge on any atom is 0.120 e. The molecule has 0 aliphatic heterocycles. The normalized spacial score (nSPS) is 17.2. The van der Waals surface area contributed by atoms with E-state index < -0.39 is 0 Å². The third-order valence-corrected chi connectivity index (χ3v) is 3.75. The second kappa shape index (κ2) is 5.81. The van der Waals surface area contributed by atoms with E-state index >= 15 is 0 Å². The SMILES string of the molecule is C=C(c1ccc(OC(C)(C)C)cc1)C1CCCCC1. The predicted octanol–water partition coefficient (Wildman–Crippen LogP) is 5.46. The van der Waals surface area contributed by atoms with Gasteiger partial charge in [-0.3, -0.25) is 0 Å².